The van der Waals surface area contributed by atoms with Crippen LogP contribution < -0.4 is 5.32 Å². The van der Waals surface area contributed by atoms with Crippen LogP contribution in [-0.2, 0) is 4.79 Å². The standard InChI is InChI=1S/C12H14N4O/c1-3-11(17)14-10-6-4-5-9(7-10)12-13-8(2)15-16-12/h4-7H,3H2,1-2H3,(H,14,17)(H,13,15,16). The van der Waals surface area contributed by atoms with Crippen LogP contribution in [0, 0.1) is 6.92 Å². The predicted molar refractivity (Wildman–Crippen MR) is 65.5 cm³/mol. The van der Waals surface area contributed by atoms with E-state index in [0.717, 1.165) is 17.1 Å². The van der Waals surface area contributed by atoms with E-state index in [2.05, 4.69) is 20.5 Å². The van der Waals surface area contributed by atoms with Crippen LogP contribution in [0.1, 0.15) is 19.2 Å². The van der Waals surface area contributed by atoms with Crippen LogP contribution in [0.3, 0.4) is 0 Å². The first kappa shape index (κ1) is 11.3. The lowest BCUT2D eigenvalue weighted by Gasteiger charge is -2.04. The molecule has 0 aliphatic heterocycles. The SMILES string of the molecule is CCC(=O)Nc1cccc(-c2n[nH]c(C)n2)c1. The molecule has 0 aliphatic carbocycles. The second-order valence-corrected chi connectivity index (χ2v) is 3.73. The van der Waals surface area contributed by atoms with Crippen LogP contribution in [0.25, 0.3) is 11.4 Å². The summed E-state index contributed by atoms with van der Waals surface area (Å²) in [6.07, 6.45) is 0.462. The molecule has 2 N–H and O–H groups in total. The molecule has 2 rings (SSSR count). The van der Waals surface area contributed by atoms with Crippen molar-refractivity contribution in [1.82, 2.24) is 15.2 Å². The zero-order chi connectivity index (χ0) is 12.3. The summed E-state index contributed by atoms with van der Waals surface area (Å²) < 4.78 is 0. The van der Waals surface area contributed by atoms with Crippen molar-refractivity contribution < 1.29 is 4.79 Å². The number of amides is 1. The number of benzene rings is 1. The Morgan fingerprint density at radius 1 is 1.47 bits per heavy atom. The number of anilines is 1. The van der Waals surface area contributed by atoms with Crippen molar-refractivity contribution in [2.45, 2.75) is 20.3 Å². The van der Waals surface area contributed by atoms with Gasteiger partial charge in [0, 0.05) is 17.7 Å². The number of H-pyrrole nitrogens is 1. The molecule has 88 valence electrons. The second-order valence-electron chi connectivity index (χ2n) is 3.73. The van der Waals surface area contributed by atoms with Crippen LogP contribution in [0.5, 0.6) is 0 Å². The van der Waals surface area contributed by atoms with Gasteiger partial charge in [-0.3, -0.25) is 9.89 Å². The smallest absolute Gasteiger partial charge is 0.224 e. The van der Waals surface area contributed by atoms with Gasteiger partial charge in [-0.1, -0.05) is 19.1 Å². The summed E-state index contributed by atoms with van der Waals surface area (Å²) >= 11 is 0. The maximum absolute atomic E-state index is 11.3. The van der Waals surface area contributed by atoms with E-state index in [9.17, 15) is 4.79 Å². The summed E-state index contributed by atoms with van der Waals surface area (Å²) in [5.41, 5.74) is 1.64. The molecule has 0 spiro atoms. The Labute approximate surface area is 99.3 Å². The number of aryl methyl sites for hydroxylation is 1. The zero-order valence-corrected chi connectivity index (χ0v) is 9.82. The molecule has 0 atom stereocenters. The van der Waals surface area contributed by atoms with Gasteiger partial charge in [-0.05, 0) is 19.1 Å². The third kappa shape index (κ3) is 2.69. The topological polar surface area (TPSA) is 70.7 Å². The fourth-order valence-electron chi connectivity index (χ4n) is 1.46. The van der Waals surface area contributed by atoms with Gasteiger partial charge in [0.15, 0.2) is 5.82 Å². The van der Waals surface area contributed by atoms with Crippen LogP contribution >= 0.6 is 0 Å². The van der Waals surface area contributed by atoms with Gasteiger partial charge in [0.05, 0.1) is 0 Å². The molecule has 1 heterocycles. The molecule has 0 aliphatic rings. The number of rotatable bonds is 3. The minimum absolute atomic E-state index is 0.00619. The Kier molecular flexibility index (Phi) is 3.18. The van der Waals surface area contributed by atoms with Gasteiger partial charge in [0.2, 0.25) is 5.91 Å². The lowest BCUT2D eigenvalue weighted by molar-refractivity contribution is -0.115. The maximum Gasteiger partial charge on any atom is 0.224 e. The lowest BCUT2D eigenvalue weighted by Crippen LogP contribution is -2.09. The van der Waals surface area contributed by atoms with E-state index in [0.29, 0.717) is 12.2 Å². The van der Waals surface area contributed by atoms with Gasteiger partial charge >= 0.3 is 0 Å². The van der Waals surface area contributed by atoms with E-state index in [4.69, 9.17) is 0 Å². The average Bonchev–Trinajstić information content (AvgIpc) is 2.76. The zero-order valence-electron chi connectivity index (χ0n) is 9.82. The first-order chi connectivity index (χ1) is 8.19. The number of hydrogen-bond donors (Lipinski definition) is 2. The number of carbonyl (C=O) groups excluding carboxylic acids is 1. The van der Waals surface area contributed by atoms with Crippen LogP contribution in [0.2, 0.25) is 0 Å². The van der Waals surface area contributed by atoms with Gasteiger partial charge < -0.3 is 5.32 Å². The Bertz CT molecular complexity index is 533. The molecule has 0 unspecified atom stereocenters. The minimum Gasteiger partial charge on any atom is -0.326 e. The summed E-state index contributed by atoms with van der Waals surface area (Å²) in [6.45, 7) is 3.66. The van der Waals surface area contributed by atoms with Crippen molar-refractivity contribution >= 4 is 11.6 Å². The molecule has 0 saturated carbocycles. The highest BCUT2D eigenvalue weighted by Crippen LogP contribution is 2.19. The number of nitrogens with one attached hydrogen (secondary N) is 2. The Morgan fingerprint density at radius 2 is 2.29 bits per heavy atom. The molecule has 0 bridgehead atoms. The molecule has 0 saturated heterocycles. The summed E-state index contributed by atoms with van der Waals surface area (Å²) in [5, 5.41) is 9.67. The Balaban J connectivity index is 2.25. The number of nitrogens with zero attached hydrogens (tertiary/aromatic N) is 2. The first-order valence-corrected chi connectivity index (χ1v) is 5.48. The molecule has 5 heteroatoms. The van der Waals surface area contributed by atoms with Crippen LogP contribution in [-0.4, -0.2) is 21.1 Å². The fourth-order valence-corrected chi connectivity index (χ4v) is 1.46. The first-order valence-electron chi connectivity index (χ1n) is 5.48. The quantitative estimate of drug-likeness (QED) is 0.848. The highest BCUT2D eigenvalue weighted by Gasteiger charge is 2.05. The van der Waals surface area contributed by atoms with Gasteiger partial charge in [-0.25, -0.2) is 4.98 Å². The largest absolute Gasteiger partial charge is 0.326 e. The van der Waals surface area contributed by atoms with Gasteiger partial charge in [-0.15, -0.1) is 0 Å². The number of aromatic nitrogens is 3. The lowest BCUT2D eigenvalue weighted by atomic mass is 10.2. The highest BCUT2D eigenvalue weighted by molar-refractivity contribution is 5.91. The number of hydrogen-bond acceptors (Lipinski definition) is 3. The van der Waals surface area contributed by atoms with Gasteiger partial charge in [-0.2, -0.15) is 5.10 Å². The average molecular weight is 230 g/mol. The molecule has 1 amide bonds. The highest BCUT2D eigenvalue weighted by atomic mass is 16.1. The third-order valence-electron chi connectivity index (χ3n) is 2.32. The van der Waals surface area contributed by atoms with Crippen molar-refractivity contribution in [1.29, 1.82) is 0 Å². The van der Waals surface area contributed by atoms with Gasteiger partial charge in [0.1, 0.15) is 5.82 Å². The molecular formula is C12H14N4O. The number of aromatic amines is 1. The normalized spacial score (nSPS) is 10.2. The molecule has 17 heavy (non-hydrogen) atoms. The van der Waals surface area contributed by atoms with Crippen molar-refractivity contribution in [3.05, 3.63) is 30.1 Å². The summed E-state index contributed by atoms with van der Waals surface area (Å²) in [4.78, 5) is 15.5. The van der Waals surface area contributed by atoms with E-state index in [1.807, 2.05) is 38.1 Å². The Hall–Kier alpha value is -2.17. The van der Waals surface area contributed by atoms with Crippen LogP contribution in [0.4, 0.5) is 5.69 Å². The minimum atomic E-state index is -0.00619. The van der Waals surface area contributed by atoms with E-state index in [1.54, 1.807) is 0 Å². The summed E-state index contributed by atoms with van der Waals surface area (Å²) in [6, 6.07) is 7.48. The summed E-state index contributed by atoms with van der Waals surface area (Å²) in [7, 11) is 0. The van der Waals surface area contributed by atoms with Gasteiger partial charge in [0.25, 0.3) is 0 Å². The Morgan fingerprint density at radius 3 is 2.94 bits per heavy atom. The van der Waals surface area contributed by atoms with E-state index >= 15 is 0 Å². The molecule has 1 aromatic carbocycles. The fraction of sp³-hybridized carbons (Fsp3) is 0.250. The third-order valence-corrected chi connectivity index (χ3v) is 2.32. The van der Waals surface area contributed by atoms with Crippen molar-refractivity contribution in [2.24, 2.45) is 0 Å². The van der Waals surface area contributed by atoms with E-state index in [-0.39, 0.29) is 5.91 Å². The van der Waals surface area contributed by atoms with Crippen molar-refractivity contribution in [3.8, 4) is 11.4 Å². The molecular weight excluding hydrogens is 216 g/mol. The maximum atomic E-state index is 11.3. The van der Waals surface area contributed by atoms with E-state index in [1.165, 1.54) is 0 Å². The van der Waals surface area contributed by atoms with Crippen molar-refractivity contribution in [3.63, 3.8) is 0 Å². The predicted octanol–water partition coefficient (Wildman–Crippen LogP) is 2.13. The molecule has 0 fully saturated rings. The summed E-state index contributed by atoms with van der Waals surface area (Å²) in [5.74, 6) is 1.39. The second kappa shape index (κ2) is 4.78. The van der Waals surface area contributed by atoms with Crippen molar-refractivity contribution in [2.75, 3.05) is 5.32 Å². The number of carbonyl (C=O) groups is 1. The molecule has 5 nitrogen and oxygen atoms in total. The van der Waals surface area contributed by atoms with Crippen LogP contribution in [0.15, 0.2) is 24.3 Å². The van der Waals surface area contributed by atoms with E-state index < -0.39 is 0 Å². The monoisotopic (exact) mass is 230 g/mol. The molecule has 2 aromatic rings. The molecule has 1 aromatic heterocycles. The molecule has 0 radical (unpaired) electrons.